The summed E-state index contributed by atoms with van der Waals surface area (Å²) < 4.78 is 2.21. The van der Waals surface area contributed by atoms with Crippen LogP contribution in [0.1, 0.15) is 5.69 Å². The van der Waals surface area contributed by atoms with Crippen LogP contribution < -0.4 is 5.32 Å². The van der Waals surface area contributed by atoms with E-state index in [2.05, 4.69) is 28.2 Å². The summed E-state index contributed by atoms with van der Waals surface area (Å²) in [6.45, 7) is 2.02. The Morgan fingerprint density at radius 3 is 3.50 bits per heavy atom. The van der Waals surface area contributed by atoms with E-state index < -0.39 is 0 Å². The largest absolute Gasteiger partial charge is 0.337 e. The molecule has 2 rings (SSSR count). The molecule has 0 spiro atoms. The van der Waals surface area contributed by atoms with Gasteiger partial charge in [0.05, 0.1) is 6.67 Å². The van der Waals surface area contributed by atoms with Crippen LogP contribution in [-0.4, -0.2) is 4.57 Å². The van der Waals surface area contributed by atoms with Crippen molar-refractivity contribution in [2.75, 3.05) is 0 Å². The Bertz CT molecular complexity index is 172. The Balaban J connectivity index is 2.54. The van der Waals surface area contributed by atoms with Crippen LogP contribution in [0.2, 0.25) is 0 Å². The van der Waals surface area contributed by atoms with Crippen molar-refractivity contribution in [3.8, 4) is 0 Å². The number of aromatic nitrogens is 1. The molecular weight excluding hydrogens is 100 g/mol. The van der Waals surface area contributed by atoms with Crippen LogP contribution in [0.25, 0.3) is 0 Å². The van der Waals surface area contributed by atoms with Gasteiger partial charge in [-0.2, -0.15) is 0 Å². The highest BCUT2D eigenvalue weighted by molar-refractivity contribution is 5.08. The fourth-order valence-corrected chi connectivity index (χ4v) is 1.07. The first-order valence-corrected chi connectivity index (χ1v) is 2.81. The van der Waals surface area contributed by atoms with Gasteiger partial charge in [0, 0.05) is 18.4 Å². The van der Waals surface area contributed by atoms with Crippen molar-refractivity contribution in [3.05, 3.63) is 24.0 Å². The van der Waals surface area contributed by atoms with Gasteiger partial charge in [-0.3, -0.25) is 5.32 Å². The number of hydrogen-bond acceptors (Lipinski definition) is 1. The lowest BCUT2D eigenvalue weighted by Gasteiger charge is -1.89. The highest BCUT2D eigenvalue weighted by Gasteiger charge is 2.04. The second kappa shape index (κ2) is 1.36. The molecule has 1 N–H and O–H groups in total. The number of nitrogens with one attached hydrogen (secondary N) is 1. The summed E-state index contributed by atoms with van der Waals surface area (Å²) in [5.74, 6) is 0. The van der Waals surface area contributed by atoms with Crippen LogP contribution in [0.5, 0.6) is 0 Å². The van der Waals surface area contributed by atoms with Gasteiger partial charge in [-0.15, -0.1) is 0 Å². The molecule has 42 valence electrons. The Kier molecular flexibility index (Phi) is 0.704. The third kappa shape index (κ3) is 0.406. The predicted octanol–water partition coefficient (Wildman–Crippen LogP) is 0.549. The summed E-state index contributed by atoms with van der Waals surface area (Å²) in [4.78, 5) is 0. The number of hydrogen-bond donors (Lipinski definition) is 1. The molecule has 0 atom stereocenters. The summed E-state index contributed by atoms with van der Waals surface area (Å²) >= 11 is 0. The highest BCUT2D eigenvalue weighted by atomic mass is 15.2. The van der Waals surface area contributed by atoms with E-state index in [9.17, 15) is 0 Å². The maximum atomic E-state index is 3.23. The number of fused-ring (bicyclic) bond motifs is 1. The van der Waals surface area contributed by atoms with Gasteiger partial charge < -0.3 is 4.57 Å². The minimum Gasteiger partial charge on any atom is -0.337 e. The second-order valence-electron chi connectivity index (χ2n) is 2.05. The van der Waals surface area contributed by atoms with Crippen LogP contribution in [0.3, 0.4) is 0 Å². The molecule has 1 aromatic rings. The summed E-state index contributed by atoms with van der Waals surface area (Å²) in [6.07, 6.45) is 2.09. The first-order chi connectivity index (χ1) is 3.97. The molecular formula is C6H8N2. The molecule has 0 radical (unpaired) electrons. The summed E-state index contributed by atoms with van der Waals surface area (Å²) in [6, 6.07) is 4.22. The number of rotatable bonds is 0. The van der Waals surface area contributed by atoms with Crippen molar-refractivity contribution < 1.29 is 0 Å². The highest BCUT2D eigenvalue weighted by Crippen LogP contribution is 2.05. The Morgan fingerprint density at radius 2 is 2.62 bits per heavy atom. The van der Waals surface area contributed by atoms with Gasteiger partial charge >= 0.3 is 0 Å². The summed E-state index contributed by atoms with van der Waals surface area (Å²) in [5.41, 5.74) is 1.39. The van der Waals surface area contributed by atoms with Gasteiger partial charge in [0.2, 0.25) is 0 Å². The molecule has 1 aliphatic rings. The van der Waals surface area contributed by atoms with Crippen molar-refractivity contribution in [3.63, 3.8) is 0 Å². The molecule has 0 saturated heterocycles. The van der Waals surface area contributed by atoms with Crippen molar-refractivity contribution in [1.29, 1.82) is 0 Å². The van der Waals surface area contributed by atoms with Crippen molar-refractivity contribution in [2.24, 2.45) is 0 Å². The fourth-order valence-electron chi connectivity index (χ4n) is 1.07. The lowest BCUT2D eigenvalue weighted by molar-refractivity contribution is 0.661. The molecule has 0 aromatic carbocycles. The van der Waals surface area contributed by atoms with Crippen LogP contribution in [0.4, 0.5) is 0 Å². The van der Waals surface area contributed by atoms with Crippen LogP contribution in [-0.2, 0) is 13.2 Å². The quantitative estimate of drug-likeness (QED) is 0.513. The van der Waals surface area contributed by atoms with Gasteiger partial charge in [0.15, 0.2) is 0 Å². The molecule has 2 nitrogen and oxygen atoms in total. The number of nitrogens with zero attached hydrogens (tertiary/aromatic N) is 1. The average molecular weight is 108 g/mol. The minimum atomic E-state index is 0.988. The van der Waals surface area contributed by atoms with Crippen LogP contribution in [0, 0.1) is 0 Å². The monoisotopic (exact) mass is 108 g/mol. The fraction of sp³-hybridized carbons (Fsp3) is 0.333. The maximum absolute atomic E-state index is 3.23. The SMILES string of the molecule is c1cc2n(c1)CNC2. The van der Waals surface area contributed by atoms with E-state index in [1.807, 2.05) is 0 Å². The van der Waals surface area contributed by atoms with Crippen LogP contribution in [0.15, 0.2) is 18.3 Å². The smallest absolute Gasteiger partial charge is 0.0726 e. The van der Waals surface area contributed by atoms with E-state index in [-0.39, 0.29) is 0 Å². The van der Waals surface area contributed by atoms with Crippen molar-refractivity contribution >= 4 is 0 Å². The van der Waals surface area contributed by atoms with E-state index in [1.54, 1.807) is 0 Å². The Morgan fingerprint density at radius 1 is 1.62 bits per heavy atom. The van der Waals surface area contributed by atoms with Crippen molar-refractivity contribution in [2.45, 2.75) is 13.2 Å². The van der Waals surface area contributed by atoms with Gasteiger partial charge in [-0.25, -0.2) is 0 Å². The molecule has 0 bridgehead atoms. The molecule has 1 aromatic heterocycles. The molecule has 0 fully saturated rings. The van der Waals surface area contributed by atoms with Gasteiger partial charge in [-0.05, 0) is 12.1 Å². The van der Waals surface area contributed by atoms with E-state index in [1.165, 1.54) is 5.69 Å². The Labute approximate surface area is 48.1 Å². The molecule has 1 aliphatic heterocycles. The third-order valence-electron chi connectivity index (χ3n) is 1.51. The van der Waals surface area contributed by atoms with Gasteiger partial charge in [-0.1, -0.05) is 0 Å². The lowest BCUT2D eigenvalue weighted by Crippen LogP contribution is -2.03. The molecule has 2 heterocycles. The average Bonchev–Trinajstić information content (AvgIpc) is 2.15. The molecule has 0 aliphatic carbocycles. The van der Waals surface area contributed by atoms with E-state index in [0.29, 0.717) is 0 Å². The molecule has 0 amide bonds. The van der Waals surface area contributed by atoms with Gasteiger partial charge in [0.25, 0.3) is 0 Å². The zero-order chi connectivity index (χ0) is 5.40. The van der Waals surface area contributed by atoms with Crippen LogP contribution >= 0.6 is 0 Å². The normalized spacial score (nSPS) is 16.5. The maximum Gasteiger partial charge on any atom is 0.0726 e. The minimum absolute atomic E-state index is 0.988. The Hall–Kier alpha value is -0.760. The lowest BCUT2D eigenvalue weighted by atomic mass is 10.4. The van der Waals surface area contributed by atoms with Gasteiger partial charge in [0.1, 0.15) is 0 Å². The van der Waals surface area contributed by atoms with E-state index in [0.717, 1.165) is 13.2 Å². The predicted molar refractivity (Wildman–Crippen MR) is 31.3 cm³/mol. The molecule has 0 saturated carbocycles. The first kappa shape index (κ1) is 4.15. The zero-order valence-corrected chi connectivity index (χ0v) is 4.59. The standard InChI is InChI=1S/C6H8N2/c1-2-6-4-7-5-8(6)3-1/h1-3,7H,4-5H2. The third-order valence-corrected chi connectivity index (χ3v) is 1.51. The summed E-state index contributed by atoms with van der Waals surface area (Å²) in [5, 5.41) is 3.23. The molecule has 8 heavy (non-hydrogen) atoms. The zero-order valence-electron chi connectivity index (χ0n) is 4.59. The van der Waals surface area contributed by atoms with Crippen molar-refractivity contribution in [1.82, 2.24) is 9.88 Å². The van der Waals surface area contributed by atoms with E-state index >= 15 is 0 Å². The first-order valence-electron chi connectivity index (χ1n) is 2.81. The van der Waals surface area contributed by atoms with E-state index in [4.69, 9.17) is 0 Å². The molecule has 0 unspecified atom stereocenters. The topological polar surface area (TPSA) is 17.0 Å². The summed E-state index contributed by atoms with van der Waals surface area (Å²) in [7, 11) is 0. The molecule has 2 heteroatoms. The second-order valence-corrected chi connectivity index (χ2v) is 2.05.